The zero-order chi connectivity index (χ0) is 5.98. The van der Waals surface area contributed by atoms with E-state index in [1.807, 2.05) is 12.3 Å². The average Bonchev–Trinajstić information content (AvgIpc) is 2.14. The molecule has 1 aliphatic heterocycles. The van der Waals surface area contributed by atoms with Gasteiger partial charge in [0.2, 0.25) is 0 Å². The van der Waals surface area contributed by atoms with E-state index in [-0.39, 0.29) is 0 Å². The first kappa shape index (κ1) is 5.09. The number of hydrogen-bond acceptors (Lipinski definition) is 1. The maximum atomic E-state index is 3.91. The molecule has 0 bridgehead atoms. The highest BCUT2D eigenvalue weighted by Crippen LogP contribution is 1.99. The molecular formula is C6H8N2. The molecule has 0 saturated carbocycles. The first-order valence-corrected chi connectivity index (χ1v) is 2.44. The lowest BCUT2D eigenvalue weighted by molar-refractivity contribution is 1.27. The Labute approximate surface area is 48.6 Å². The first-order chi connectivity index (χ1) is 3.84. The summed E-state index contributed by atoms with van der Waals surface area (Å²) in [7, 11) is 1.74. The summed E-state index contributed by atoms with van der Waals surface area (Å²) >= 11 is 0. The molecule has 0 spiro atoms. The summed E-state index contributed by atoms with van der Waals surface area (Å²) in [4.78, 5) is 3.91. The summed E-state index contributed by atoms with van der Waals surface area (Å²) < 4.78 is 0. The second-order valence-electron chi connectivity index (χ2n) is 1.58. The topological polar surface area (TPSA) is 24.4 Å². The molecule has 2 nitrogen and oxygen atoms in total. The highest BCUT2D eigenvalue weighted by atomic mass is 15.0. The molecular weight excluding hydrogens is 100 g/mol. The zero-order valence-electron chi connectivity index (χ0n) is 4.81. The molecule has 0 atom stereocenters. The van der Waals surface area contributed by atoms with Gasteiger partial charge < -0.3 is 5.32 Å². The van der Waals surface area contributed by atoms with Gasteiger partial charge in [-0.15, -0.1) is 0 Å². The van der Waals surface area contributed by atoms with Crippen LogP contribution < -0.4 is 5.32 Å². The van der Waals surface area contributed by atoms with Crippen molar-refractivity contribution in [2.75, 3.05) is 7.05 Å². The minimum atomic E-state index is 0.866. The van der Waals surface area contributed by atoms with Crippen LogP contribution in [0, 0.1) is 0 Å². The Morgan fingerprint density at radius 3 is 2.75 bits per heavy atom. The molecule has 0 aromatic carbocycles. The highest BCUT2D eigenvalue weighted by Gasteiger charge is 2.01. The fourth-order valence-corrected chi connectivity index (χ4v) is 0.601. The smallest absolute Gasteiger partial charge is 0.131 e. The van der Waals surface area contributed by atoms with Crippen LogP contribution in [0.1, 0.15) is 0 Å². The Morgan fingerprint density at radius 1 is 1.75 bits per heavy atom. The maximum Gasteiger partial charge on any atom is 0.131 e. The normalized spacial score (nSPS) is 22.1. The van der Waals surface area contributed by atoms with Gasteiger partial charge in [0.15, 0.2) is 0 Å². The van der Waals surface area contributed by atoms with Crippen molar-refractivity contribution in [1.82, 2.24) is 5.32 Å². The van der Waals surface area contributed by atoms with Crippen molar-refractivity contribution in [3.8, 4) is 0 Å². The summed E-state index contributed by atoms with van der Waals surface area (Å²) in [6.07, 6.45) is 3.72. The third-order valence-corrected chi connectivity index (χ3v) is 1.03. The van der Waals surface area contributed by atoms with E-state index in [2.05, 4.69) is 16.9 Å². The Morgan fingerprint density at radius 2 is 2.50 bits per heavy atom. The number of aliphatic imine (C=N–C) groups is 1. The molecule has 0 aliphatic carbocycles. The van der Waals surface area contributed by atoms with Crippen LogP contribution in [-0.4, -0.2) is 12.9 Å². The second-order valence-corrected chi connectivity index (χ2v) is 1.58. The van der Waals surface area contributed by atoms with Crippen LogP contribution in [0.3, 0.4) is 0 Å². The van der Waals surface area contributed by atoms with Gasteiger partial charge in [0.25, 0.3) is 0 Å². The van der Waals surface area contributed by atoms with E-state index in [9.17, 15) is 0 Å². The predicted molar refractivity (Wildman–Crippen MR) is 34.8 cm³/mol. The SMILES string of the molecule is C=C1C=CNC1=NC. The van der Waals surface area contributed by atoms with E-state index >= 15 is 0 Å². The van der Waals surface area contributed by atoms with Gasteiger partial charge in [0.05, 0.1) is 0 Å². The molecule has 1 N–H and O–H groups in total. The Balaban J connectivity index is 2.79. The number of hydrogen-bond donors (Lipinski definition) is 1. The molecule has 0 aromatic rings. The quantitative estimate of drug-likeness (QED) is 0.485. The van der Waals surface area contributed by atoms with E-state index < -0.39 is 0 Å². The van der Waals surface area contributed by atoms with Crippen molar-refractivity contribution in [1.29, 1.82) is 0 Å². The molecule has 0 aromatic heterocycles. The first-order valence-electron chi connectivity index (χ1n) is 2.44. The van der Waals surface area contributed by atoms with E-state index in [4.69, 9.17) is 0 Å². The summed E-state index contributed by atoms with van der Waals surface area (Å²) in [5.41, 5.74) is 0.951. The molecule has 8 heavy (non-hydrogen) atoms. The van der Waals surface area contributed by atoms with Gasteiger partial charge in [-0.2, -0.15) is 0 Å². The zero-order valence-corrected chi connectivity index (χ0v) is 4.81. The van der Waals surface area contributed by atoms with Gasteiger partial charge >= 0.3 is 0 Å². The van der Waals surface area contributed by atoms with Crippen molar-refractivity contribution in [3.63, 3.8) is 0 Å². The van der Waals surface area contributed by atoms with Crippen LogP contribution in [0.15, 0.2) is 29.4 Å². The van der Waals surface area contributed by atoms with Crippen LogP contribution in [-0.2, 0) is 0 Å². The molecule has 2 heteroatoms. The number of rotatable bonds is 0. The van der Waals surface area contributed by atoms with Crippen LogP contribution in [0.4, 0.5) is 0 Å². The number of nitrogens with zero attached hydrogens (tertiary/aromatic N) is 1. The van der Waals surface area contributed by atoms with Crippen LogP contribution >= 0.6 is 0 Å². The average molecular weight is 108 g/mol. The number of amidine groups is 1. The van der Waals surface area contributed by atoms with Gasteiger partial charge in [-0.25, -0.2) is 0 Å². The van der Waals surface area contributed by atoms with Crippen LogP contribution in [0.25, 0.3) is 0 Å². The molecule has 0 unspecified atom stereocenters. The maximum absolute atomic E-state index is 3.91. The van der Waals surface area contributed by atoms with Crippen molar-refractivity contribution < 1.29 is 0 Å². The monoisotopic (exact) mass is 108 g/mol. The standard InChI is InChI=1S/C6H8N2/c1-5-3-4-8-6(5)7-2/h3-4H,1H2,2H3,(H,7,8). The van der Waals surface area contributed by atoms with Crippen LogP contribution in [0.5, 0.6) is 0 Å². The summed E-state index contributed by atoms with van der Waals surface area (Å²) in [6, 6.07) is 0. The fraction of sp³-hybridized carbons (Fsp3) is 0.167. The van der Waals surface area contributed by atoms with Crippen LogP contribution in [0.2, 0.25) is 0 Å². The lowest BCUT2D eigenvalue weighted by Crippen LogP contribution is -2.11. The molecule has 42 valence electrons. The third-order valence-electron chi connectivity index (χ3n) is 1.03. The predicted octanol–water partition coefficient (Wildman–Crippen LogP) is 0.688. The molecule has 0 radical (unpaired) electrons. The molecule has 1 heterocycles. The summed E-state index contributed by atoms with van der Waals surface area (Å²) in [6.45, 7) is 3.73. The lowest BCUT2D eigenvalue weighted by atomic mass is 10.3. The minimum Gasteiger partial charge on any atom is -0.346 e. The van der Waals surface area contributed by atoms with E-state index in [0.717, 1.165) is 11.4 Å². The molecule has 0 saturated heterocycles. The van der Waals surface area contributed by atoms with E-state index in [1.165, 1.54) is 0 Å². The van der Waals surface area contributed by atoms with Gasteiger partial charge in [-0.3, -0.25) is 4.99 Å². The summed E-state index contributed by atoms with van der Waals surface area (Å²) in [5.74, 6) is 0.866. The third kappa shape index (κ3) is 0.644. The number of nitrogens with one attached hydrogen (secondary N) is 1. The fourth-order valence-electron chi connectivity index (χ4n) is 0.601. The highest BCUT2D eigenvalue weighted by molar-refractivity contribution is 6.03. The molecule has 0 amide bonds. The molecule has 1 aliphatic rings. The minimum absolute atomic E-state index is 0.866. The largest absolute Gasteiger partial charge is 0.346 e. The Kier molecular flexibility index (Phi) is 1.16. The second kappa shape index (κ2) is 1.82. The van der Waals surface area contributed by atoms with Gasteiger partial charge in [-0.05, 0) is 6.08 Å². The lowest BCUT2D eigenvalue weighted by Gasteiger charge is -1.92. The van der Waals surface area contributed by atoms with Crippen molar-refractivity contribution >= 4 is 5.84 Å². The Hall–Kier alpha value is -1.05. The van der Waals surface area contributed by atoms with Gasteiger partial charge in [0.1, 0.15) is 5.84 Å². The van der Waals surface area contributed by atoms with Crippen molar-refractivity contribution in [2.45, 2.75) is 0 Å². The summed E-state index contributed by atoms with van der Waals surface area (Å²) in [5, 5.41) is 2.93. The van der Waals surface area contributed by atoms with E-state index in [0.29, 0.717) is 0 Å². The molecule has 0 fully saturated rings. The van der Waals surface area contributed by atoms with E-state index in [1.54, 1.807) is 7.05 Å². The Bertz CT molecular complexity index is 165. The van der Waals surface area contributed by atoms with Gasteiger partial charge in [0, 0.05) is 18.8 Å². The van der Waals surface area contributed by atoms with Gasteiger partial charge in [-0.1, -0.05) is 6.58 Å². The molecule has 1 rings (SSSR count). The van der Waals surface area contributed by atoms with Crippen molar-refractivity contribution in [3.05, 3.63) is 24.4 Å². The van der Waals surface area contributed by atoms with Crippen molar-refractivity contribution in [2.24, 2.45) is 4.99 Å².